The van der Waals surface area contributed by atoms with Crippen LogP contribution in [0.2, 0.25) is 0 Å². The largest absolute Gasteiger partial charge is 0.435 e. The molecule has 0 bridgehead atoms. The lowest BCUT2D eigenvalue weighted by Gasteiger charge is -2.22. The van der Waals surface area contributed by atoms with Gasteiger partial charge in [0.05, 0.1) is 18.0 Å². The Morgan fingerprint density at radius 1 is 1.26 bits per heavy atom. The predicted molar refractivity (Wildman–Crippen MR) is 109 cm³/mol. The van der Waals surface area contributed by atoms with Crippen LogP contribution in [0.3, 0.4) is 0 Å². The maximum atomic E-state index is 15.5. The molecule has 2 aliphatic rings. The molecular weight excluding hydrogens is 433 g/mol. The van der Waals surface area contributed by atoms with E-state index in [1.165, 1.54) is 42.5 Å². The Labute approximate surface area is 180 Å². The number of carbonyl (C=O) groups excluding carboxylic acids is 2. The van der Waals surface area contributed by atoms with E-state index in [-0.39, 0.29) is 28.3 Å². The van der Waals surface area contributed by atoms with E-state index in [0.29, 0.717) is 13.0 Å². The molecule has 2 unspecified atom stereocenters. The van der Waals surface area contributed by atoms with Crippen LogP contribution in [0.15, 0.2) is 42.5 Å². The van der Waals surface area contributed by atoms with Crippen molar-refractivity contribution in [1.29, 1.82) is 0 Å². The van der Waals surface area contributed by atoms with Crippen molar-refractivity contribution in [2.75, 3.05) is 11.5 Å². The number of fused-ring (bicyclic) bond motifs is 1. The van der Waals surface area contributed by atoms with Crippen molar-refractivity contribution in [2.24, 2.45) is 0 Å². The van der Waals surface area contributed by atoms with Crippen LogP contribution < -0.4 is 15.0 Å². The summed E-state index contributed by atoms with van der Waals surface area (Å²) in [7, 11) is 0. The molecule has 0 radical (unpaired) electrons. The minimum absolute atomic E-state index is 0.0193. The fourth-order valence-corrected chi connectivity index (χ4v) is 4.31. The molecule has 1 N–H and O–H groups in total. The first-order valence-electron chi connectivity index (χ1n) is 9.47. The van der Waals surface area contributed by atoms with Gasteiger partial charge in [-0.25, -0.2) is 4.39 Å². The number of hydrogen-bond donors (Lipinski definition) is 1. The quantitative estimate of drug-likeness (QED) is 0.668. The molecule has 10 heteroatoms. The Hall–Kier alpha value is -2.72. The summed E-state index contributed by atoms with van der Waals surface area (Å²) in [6, 6.07) is 9.75. The second kappa shape index (κ2) is 7.76. The summed E-state index contributed by atoms with van der Waals surface area (Å²) in [5, 5.41) is 2.86. The molecule has 164 valence electrons. The number of alkyl halides is 3. The lowest BCUT2D eigenvalue weighted by atomic mass is 9.97. The van der Waals surface area contributed by atoms with Gasteiger partial charge < -0.3 is 14.2 Å². The van der Waals surface area contributed by atoms with Gasteiger partial charge in [0.2, 0.25) is 5.67 Å². The van der Waals surface area contributed by atoms with E-state index in [1.54, 1.807) is 0 Å². The average Bonchev–Trinajstić information content (AvgIpc) is 3.21. The molecule has 4 rings (SSSR count). The normalized spacial score (nSPS) is 25.1. The summed E-state index contributed by atoms with van der Waals surface area (Å²) in [5.41, 5.74) is -1.78. The molecule has 6 nitrogen and oxygen atoms in total. The number of nitrogens with zero attached hydrogens (tertiary/aromatic N) is 1. The molecular formula is C21H19F3N2O4S. The molecule has 2 amide bonds. The van der Waals surface area contributed by atoms with Crippen molar-refractivity contribution in [2.45, 2.75) is 37.4 Å². The van der Waals surface area contributed by atoms with E-state index < -0.39 is 29.0 Å². The number of ether oxygens (including phenoxy) is 1. The standard InChI is InChI=1S/C21H19F3N2O4S/c1-20(8-9-29-31-20)25-17(27)12-6-7-16-15(10-12)21(2,24)18(28)26(16)13-4-3-5-14(11-13)30-19(22)23/h3-7,10-11,19H,8-9H2,1-2H3,(H,25,27). The Morgan fingerprint density at radius 3 is 2.71 bits per heavy atom. The SMILES string of the molecule is CC1(NC(=O)c2ccc3c(c2)C(C)(F)C(=O)N3c2cccc(OC(F)F)c2)CCOS1. The fourth-order valence-electron chi connectivity index (χ4n) is 3.58. The smallest absolute Gasteiger partial charge is 0.387 e. The zero-order valence-corrected chi connectivity index (χ0v) is 17.5. The molecule has 2 aromatic rings. The highest BCUT2D eigenvalue weighted by Crippen LogP contribution is 2.47. The van der Waals surface area contributed by atoms with Crippen LogP contribution in [0, 0.1) is 0 Å². The summed E-state index contributed by atoms with van der Waals surface area (Å²) >= 11 is 1.16. The van der Waals surface area contributed by atoms with E-state index in [2.05, 4.69) is 10.1 Å². The van der Waals surface area contributed by atoms with Gasteiger partial charge in [0.15, 0.2) is 0 Å². The Morgan fingerprint density at radius 2 is 2.03 bits per heavy atom. The summed E-state index contributed by atoms with van der Waals surface area (Å²) in [6.45, 7) is 0.410. The Kier molecular flexibility index (Phi) is 5.38. The number of hydrogen-bond acceptors (Lipinski definition) is 5. The van der Waals surface area contributed by atoms with E-state index in [0.717, 1.165) is 23.9 Å². The minimum Gasteiger partial charge on any atom is -0.435 e. The number of halogens is 3. The molecule has 31 heavy (non-hydrogen) atoms. The average molecular weight is 452 g/mol. The van der Waals surface area contributed by atoms with Gasteiger partial charge in [-0.3, -0.25) is 14.5 Å². The summed E-state index contributed by atoms with van der Waals surface area (Å²) in [5.74, 6) is -1.46. The summed E-state index contributed by atoms with van der Waals surface area (Å²) < 4.78 is 50.2. The van der Waals surface area contributed by atoms with Crippen LogP contribution in [0.4, 0.5) is 24.5 Å². The Balaban J connectivity index is 1.68. The van der Waals surface area contributed by atoms with Crippen LogP contribution in [0.25, 0.3) is 0 Å². The number of nitrogens with one attached hydrogen (secondary N) is 1. The van der Waals surface area contributed by atoms with Crippen LogP contribution in [-0.2, 0) is 14.6 Å². The van der Waals surface area contributed by atoms with Gasteiger partial charge in [0, 0.05) is 35.7 Å². The van der Waals surface area contributed by atoms with Gasteiger partial charge in [0.1, 0.15) is 10.6 Å². The molecule has 1 fully saturated rings. The first-order chi connectivity index (χ1) is 14.6. The van der Waals surface area contributed by atoms with Crippen LogP contribution in [0.1, 0.15) is 36.2 Å². The molecule has 2 heterocycles. The summed E-state index contributed by atoms with van der Waals surface area (Å²) in [6.07, 6.45) is 0.623. The van der Waals surface area contributed by atoms with E-state index in [4.69, 9.17) is 4.18 Å². The van der Waals surface area contributed by atoms with Crippen molar-refractivity contribution < 1.29 is 31.7 Å². The molecule has 2 aromatic carbocycles. The lowest BCUT2D eigenvalue weighted by molar-refractivity contribution is -0.127. The highest BCUT2D eigenvalue weighted by atomic mass is 32.2. The minimum atomic E-state index is -3.03. The van der Waals surface area contributed by atoms with Gasteiger partial charge in [-0.1, -0.05) is 6.07 Å². The van der Waals surface area contributed by atoms with Crippen molar-refractivity contribution in [3.63, 3.8) is 0 Å². The zero-order chi connectivity index (χ0) is 22.4. The number of benzene rings is 2. The van der Waals surface area contributed by atoms with Crippen molar-refractivity contribution in [1.82, 2.24) is 5.32 Å². The summed E-state index contributed by atoms with van der Waals surface area (Å²) in [4.78, 5) is 26.1. The number of amides is 2. The second-order valence-electron chi connectivity index (χ2n) is 7.59. The highest BCUT2D eigenvalue weighted by Gasteiger charge is 2.49. The van der Waals surface area contributed by atoms with Crippen molar-refractivity contribution in [3.8, 4) is 5.75 Å². The topological polar surface area (TPSA) is 67.9 Å². The fraction of sp³-hybridized carbons (Fsp3) is 0.333. The lowest BCUT2D eigenvalue weighted by Crippen LogP contribution is -2.41. The van der Waals surface area contributed by atoms with Crippen LogP contribution in [-0.4, -0.2) is 29.9 Å². The van der Waals surface area contributed by atoms with E-state index in [1.807, 2.05) is 6.92 Å². The zero-order valence-electron chi connectivity index (χ0n) is 16.7. The molecule has 0 spiro atoms. The second-order valence-corrected chi connectivity index (χ2v) is 8.90. The van der Waals surface area contributed by atoms with Crippen molar-refractivity contribution >= 4 is 35.2 Å². The monoisotopic (exact) mass is 452 g/mol. The van der Waals surface area contributed by atoms with Gasteiger partial charge in [-0.2, -0.15) is 8.78 Å². The molecule has 1 saturated heterocycles. The van der Waals surface area contributed by atoms with Gasteiger partial charge in [-0.15, -0.1) is 0 Å². The third kappa shape index (κ3) is 3.97. The number of anilines is 2. The molecule has 0 aromatic heterocycles. The van der Waals surface area contributed by atoms with E-state index >= 15 is 4.39 Å². The highest BCUT2D eigenvalue weighted by molar-refractivity contribution is 7.96. The van der Waals surface area contributed by atoms with E-state index in [9.17, 15) is 18.4 Å². The molecule has 2 aliphatic heterocycles. The molecule has 2 atom stereocenters. The predicted octanol–water partition coefficient (Wildman–Crippen LogP) is 4.67. The van der Waals surface area contributed by atoms with Gasteiger partial charge in [0.25, 0.3) is 11.8 Å². The van der Waals surface area contributed by atoms with Crippen LogP contribution >= 0.6 is 12.0 Å². The van der Waals surface area contributed by atoms with Gasteiger partial charge in [-0.05, 0) is 44.2 Å². The first-order valence-corrected chi connectivity index (χ1v) is 10.2. The first kappa shape index (κ1) is 21.5. The Bertz CT molecular complexity index is 1040. The molecule has 0 aliphatic carbocycles. The maximum absolute atomic E-state index is 15.5. The van der Waals surface area contributed by atoms with Crippen LogP contribution in [0.5, 0.6) is 5.75 Å². The number of rotatable bonds is 5. The maximum Gasteiger partial charge on any atom is 0.387 e. The van der Waals surface area contributed by atoms with Crippen molar-refractivity contribution in [3.05, 3.63) is 53.6 Å². The third-order valence-corrected chi connectivity index (χ3v) is 6.15. The third-order valence-electron chi connectivity index (χ3n) is 5.19. The molecule has 0 saturated carbocycles. The number of carbonyl (C=O) groups is 2. The van der Waals surface area contributed by atoms with Gasteiger partial charge >= 0.3 is 6.61 Å².